The Bertz CT molecular complexity index is 1080. The number of carbonyl (C=O) groups is 2. The maximum atomic E-state index is 14.8. The molecule has 0 saturated carbocycles. The number of anilines is 1. The number of hydrogen-bond acceptors (Lipinski definition) is 7. The second kappa shape index (κ2) is 9.47. The summed E-state index contributed by atoms with van der Waals surface area (Å²) >= 11 is 0. The van der Waals surface area contributed by atoms with Gasteiger partial charge in [0.15, 0.2) is 11.6 Å². The number of rotatable bonds is 5. The quantitative estimate of drug-likeness (QED) is 0.663. The molecule has 3 heterocycles. The van der Waals surface area contributed by atoms with Crippen LogP contribution in [-0.4, -0.2) is 68.1 Å². The average molecular weight is 471 g/mol. The number of likely N-dealkylation sites (tertiary alicyclic amines) is 1. The number of fused-ring (bicyclic) bond motifs is 1. The van der Waals surface area contributed by atoms with Gasteiger partial charge in [0.25, 0.3) is 5.91 Å². The minimum absolute atomic E-state index is 0.0279. The second-order valence-electron chi connectivity index (χ2n) is 8.39. The standard InChI is InChI=1S/C24H26FN3O6/c1-31-21-13-22(34-27-10-11-32-15-27)19(25)12-18(21)23(29)26-8-6-17(7-9-26)28-20-5-3-2-4-16(20)14-33-24(28)30/h2-5,12-13,17H,6-11,14-15H2,1H3. The van der Waals surface area contributed by atoms with Crippen LogP contribution in [0, 0.1) is 5.82 Å². The zero-order chi connectivity index (χ0) is 23.7. The van der Waals surface area contributed by atoms with E-state index in [9.17, 15) is 14.0 Å². The van der Waals surface area contributed by atoms with Gasteiger partial charge in [-0.3, -0.25) is 9.69 Å². The monoisotopic (exact) mass is 471 g/mol. The highest BCUT2D eigenvalue weighted by atomic mass is 19.1. The average Bonchev–Trinajstić information content (AvgIpc) is 3.38. The van der Waals surface area contributed by atoms with E-state index >= 15 is 0 Å². The molecule has 0 bridgehead atoms. The summed E-state index contributed by atoms with van der Waals surface area (Å²) in [5.74, 6) is -0.775. The van der Waals surface area contributed by atoms with Crippen LogP contribution in [0.1, 0.15) is 28.8 Å². The molecule has 0 N–H and O–H groups in total. The van der Waals surface area contributed by atoms with Crippen LogP contribution in [0.2, 0.25) is 0 Å². The molecule has 0 spiro atoms. The van der Waals surface area contributed by atoms with Gasteiger partial charge in [-0.2, -0.15) is 0 Å². The van der Waals surface area contributed by atoms with Crippen LogP contribution >= 0.6 is 0 Å². The first-order chi connectivity index (χ1) is 16.5. The van der Waals surface area contributed by atoms with Gasteiger partial charge in [0.1, 0.15) is 19.1 Å². The van der Waals surface area contributed by atoms with Crippen LogP contribution in [0.15, 0.2) is 36.4 Å². The smallest absolute Gasteiger partial charge is 0.414 e. The lowest BCUT2D eigenvalue weighted by atomic mass is 10.00. The Morgan fingerprint density at radius 1 is 1.12 bits per heavy atom. The summed E-state index contributed by atoms with van der Waals surface area (Å²) in [6.45, 7) is 2.37. The molecule has 180 valence electrons. The number of benzene rings is 2. The predicted molar refractivity (Wildman–Crippen MR) is 119 cm³/mol. The first-order valence-electron chi connectivity index (χ1n) is 11.3. The van der Waals surface area contributed by atoms with Gasteiger partial charge in [0.2, 0.25) is 0 Å². The molecule has 2 saturated heterocycles. The third-order valence-corrected chi connectivity index (χ3v) is 6.35. The van der Waals surface area contributed by atoms with E-state index in [4.69, 9.17) is 19.0 Å². The van der Waals surface area contributed by atoms with Crippen molar-refractivity contribution in [3.8, 4) is 11.5 Å². The second-order valence-corrected chi connectivity index (χ2v) is 8.39. The summed E-state index contributed by atoms with van der Waals surface area (Å²) in [4.78, 5) is 34.6. The van der Waals surface area contributed by atoms with Gasteiger partial charge in [-0.15, -0.1) is 5.06 Å². The molecule has 0 atom stereocenters. The van der Waals surface area contributed by atoms with E-state index in [-0.39, 0.29) is 48.4 Å². The highest BCUT2D eigenvalue weighted by molar-refractivity contribution is 5.97. The molecule has 10 heteroatoms. The van der Waals surface area contributed by atoms with E-state index in [0.717, 1.165) is 17.3 Å². The van der Waals surface area contributed by atoms with Crippen molar-refractivity contribution in [3.05, 3.63) is 53.3 Å². The topological polar surface area (TPSA) is 80.8 Å². The summed E-state index contributed by atoms with van der Waals surface area (Å²) in [5, 5.41) is 1.49. The van der Waals surface area contributed by atoms with Gasteiger partial charge in [-0.25, -0.2) is 9.18 Å². The largest absolute Gasteiger partial charge is 0.496 e. The fourth-order valence-corrected chi connectivity index (χ4v) is 4.57. The molecule has 5 rings (SSSR count). The number of nitrogens with zero attached hydrogens (tertiary/aromatic N) is 3. The number of ether oxygens (including phenoxy) is 3. The predicted octanol–water partition coefficient (Wildman–Crippen LogP) is 3.18. The van der Waals surface area contributed by atoms with Crippen LogP contribution in [0.4, 0.5) is 14.9 Å². The van der Waals surface area contributed by atoms with Gasteiger partial charge in [0.05, 0.1) is 31.5 Å². The van der Waals surface area contributed by atoms with Crippen molar-refractivity contribution in [2.75, 3.05) is 45.0 Å². The number of methoxy groups -OCH3 is 1. The van der Waals surface area contributed by atoms with Gasteiger partial charge >= 0.3 is 6.09 Å². The zero-order valence-electron chi connectivity index (χ0n) is 18.9. The number of piperidine rings is 1. The lowest BCUT2D eigenvalue weighted by Crippen LogP contribution is -2.50. The van der Waals surface area contributed by atoms with Crippen molar-refractivity contribution in [1.82, 2.24) is 9.96 Å². The summed E-state index contributed by atoms with van der Waals surface area (Å²) in [6.07, 6.45) is 0.790. The summed E-state index contributed by atoms with van der Waals surface area (Å²) in [7, 11) is 1.43. The lowest BCUT2D eigenvalue weighted by Gasteiger charge is -2.40. The summed E-state index contributed by atoms with van der Waals surface area (Å²) in [6, 6.07) is 10.1. The molecule has 2 fully saturated rings. The molecule has 9 nitrogen and oxygen atoms in total. The molecule has 0 aromatic heterocycles. The molecular weight excluding hydrogens is 445 g/mol. The van der Waals surface area contributed by atoms with Gasteiger partial charge in [-0.1, -0.05) is 18.2 Å². The number of cyclic esters (lactones) is 1. The van der Waals surface area contributed by atoms with Crippen LogP contribution in [0.5, 0.6) is 11.5 Å². The van der Waals surface area contributed by atoms with E-state index in [1.807, 2.05) is 24.3 Å². The molecule has 2 aromatic carbocycles. The highest BCUT2D eigenvalue weighted by Crippen LogP contribution is 2.34. The van der Waals surface area contributed by atoms with Crippen LogP contribution in [0.25, 0.3) is 0 Å². The van der Waals surface area contributed by atoms with E-state index in [0.29, 0.717) is 39.1 Å². The molecule has 0 aliphatic carbocycles. The van der Waals surface area contributed by atoms with Crippen molar-refractivity contribution < 1.29 is 33.0 Å². The van der Waals surface area contributed by atoms with Crippen LogP contribution in [0.3, 0.4) is 0 Å². The van der Waals surface area contributed by atoms with E-state index < -0.39 is 5.82 Å². The maximum Gasteiger partial charge on any atom is 0.414 e. The summed E-state index contributed by atoms with van der Waals surface area (Å²) < 4.78 is 30.7. The van der Waals surface area contributed by atoms with E-state index in [2.05, 4.69) is 0 Å². The summed E-state index contributed by atoms with van der Waals surface area (Å²) in [5.41, 5.74) is 1.95. The highest BCUT2D eigenvalue weighted by Gasteiger charge is 2.35. The number of carbonyl (C=O) groups excluding carboxylic acids is 2. The third-order valence-electron chi connectivity index (χ3n) is 6.35. The lowest BCUT2D eigenvalue weighted by molar-refractivity contribution is -0.0709. The van der Waals surface area contributed by atoms with Crippen molar-refractivity contribution >= 4 is 17.7 Å². The van der Waals surface area contributed by atoms with Gasteiger partial charge in [-0.05, 0) is 25.0 Å². The molecule has 3 aliphatic heterocycles. The van der Waals surface area contributed by atoms with E-state index in [1.165, 1.54) is 18.2 Å². The molecule has 0 radical (unpaired) electrons. The zero-order valence-corrected chi connectivity index (χ0v) is 18.9. The fourth-order valence-electron chi connectivity index (χ4n) is 4.57. The Morgan fingerprint density at radius 2 is 1.91 bits per heavy atom. The first-order valence-corrected chi connectivity index (χ1v) is 11.3. The number of hydrogen-bond donors (Lipinski definition) is 0. The van der Waals surface area contributed by atoms with Gasteiger partial charge < -0.3 is 23.9 Å². The number of amides is 2. The SMILES string of the molecule is COc1cc(ON2CCOC2)c(F)cc1C(=O)N1CCC(N2C(=O)OCc3ccccc32)CC1. The third kappa shape index (κ3) is 4.26. The number of hydroxylamine groups is 2. The Balaban J connectivity index is 1.29. The molecular formula is C24H26FN3O6. The Morgan fingerprint density at radius 3 is 2.65 bits per heavy atom. The first kappa shape index (κ1) is 22.4. The van der Waals surface area contributed by atoms with Gasteiger partial charge in [0, 0.05) is 30.8 Å². The number of halogens is 1. The molecule has 34 heavy (non-hydrogen) atoms. The normalized spacial score (nSPS) is 19.1. The fraction of sp³-hybridized carbons (Fsp3) is 0.417. The van der Waals surface area contributed by atoms with Crippen LogP contribution in [-0.2, 0) is 16.1 Å². The van der Waals surface area contributed by atoms with Crippen molar-refractivity contribution in [2.24, 2.45) is 0 Å². The van der Waals surface area contributed by atoms with Crippen molar-refractivity contribution in [2.45, 2.75) is 25.5 Å². The molecule has 3 aliphatic rings. The Labute approximate surface area is 196 Å². The Kier molecular flexibility index (Phi) is 6.25. The minimum atomic E-state index is -0.654. The molecule has 2 aromatic rings. The van der Waals surface area contributed by atoms with E-state index in [1.54, 1.807) is 9.80 Å². The Hall–Kier alpha value is -3.37. The molecule has 2 amide bonds. The van der Waals surface area contributed by atoms with Crippen molar-refractivity contribution in [1.29, 1.82) is 0 Å². The molecule has 0 unspecified atom stereocenters. The van der Waals surface area contributed by atoms with Crippen LogP contribution < -0.4 is 14.5 Å². The van der Waals surface area contributed by atoms with Crippen molar-refractivity contribution in [3.63, 3.8) is 0 Å². The maximum absolute atomic E-state index is 14.8. The number of para-hydroxylation sites is 1. The minimum Gasteiger partial charge on any atom is -0.496 e.